The second-order valence-electron chi connectivity index (χ2n) is 16.3. The Balaban J connectivity index is 2.14. The highest BCUT2D eigenvalue weighted by Crippen LogP contribution is 2.46. The van der Waals surface area contributed by atoms with E-state index in [2.05, 4.69) is 123 Å². The van der Waals surface area contributed by atoms with Gasteiger partial charge in [-0.05, 0) is 115 Å². The molecule has 0 amide bonds. The molecule has 250 valence electrons. The van der Waals surface area contributed by atoms with E-state index in [-0.39, 0.29) is 0 Å². The van der Waals surface area contributed by atoms with E-state index in [0.717, 1.165) is 29.7 Å². The molecule has 1 N–H and O–H groups in total. The van der Waals surface area contributed by atoms with E-state index in [0.29, 0.717) is 6.61 Å². The highest BCUT2D eigenvalue weighted by Gasteiger charge is 2.59. The first-order valence-corrected chi connectivity index (χ1v) is 30.7. The average molecular weight is 697 g/mol. The lowest BCUT2D eigenvalue weighted by atomic mass is 9.91. The summed E-state index contributed by atoms with van der Waals surface area (Å²) in [6.45, 7) is 30.8. The molecule has 1 aromatic heterocycles. The summed E-state index contributed by atoms with van der Waals surface area (Å²) in [6, 6.07) is 11.0. The van der Waals surface area contributed by atoms with Gasteiger partial charge in [-0.3, -0.25) is 0 Å². The van der Waals surface area contributed by atoms with Crippen molar-refractivity contribution in [1.29, 1.82) is 0 Å². The summed E-state index contributed by atoms with van der Waals surface area (Å²) in [6.07, 6.45) is 0.846. The Morgan fingerprint density at radius 2 is 1.30 bits per heavy atom. The number of thiophene rings is 1. The van der Waals surface area contributed by atoms with Crippen molar-refractivity contribution in [1.82, 2.24) is 0 Å². The molecule has 1 unspecified atom stereocenters. The van der Waals surface area contributed by atoms with Gasteiger partial charge in [0, 0.05) is 11.3 Å². The first-order chi connectivity index (χ1) is 20.0. The number of hydrogen-bond acceptors (Lipinski definition) is 7. The van der Waals surface area contributed by atoms with E-state index < -0.39 is 63.5 Å². The van der Waals surface area contributed by atoms with Crippen LogP contribution in [0.25, 0.3) is 0 Å². The number of aliphatic hydroxyl groups is 1. The van der Waals surface area contributed by atoms with Gasteiger partial charge in [0.2, 0.25) is 5.79 Å². The quantitative estimate of drug-likeness (QED) is 0.200. The standard InChI is InChI=1S/C33H60O6SSi4/c1-15-16-25-17-19-26(20-18-25)22-28-24(2)21-29(40-28)33(34)32(39-44(12,13)14)31(38-43(9,10)11)30(37-42(6,7)8)27(36-33)23-35-41(3,4)5/h17-21,27,30-32,34H,15-16,22-23H2,1-14H3/t27-,30-,31+,32-,33?/m1/s1. The Bertz CT molecular complexity index is 1210. The normalized spacial score (nSPS) is 25.4. The van der Waals surface area contributed by atoms with Gasteiger partial charge in [-0.1, -0.05) is 37.6 Å². The largest absolute Gasteiger partial charge is 0.415 e. The summed E-state index contributed by atoms with van der Waals surface area (Å²) in [4.78, 5) is 1.97. The fourth-order valence-corrected chi connectivity index (χ4v) is 10.6. The minimum atomic E-state index is -2.19. The maximum atomic E-state index is 12.9. The van der Waals surface area contributed by atoms with Gasteiger partial charge in [0.25, 0.3) is 0 Å². The molecule has 0 spiro atoms. The van der Waals surface area contributed by atoms with Crippen molar-refractivity contribution in [3.8, 4) is 0 Å². The first-order valence-electron chi connectivity index (χ1n) is 16.2. The summed E-state index contributed by atoms with van der Waals surface area (Å²) in [5.41, 5.74) is 3.77. The zero-order valence-corrected chi connectivity index (χ0v) is 34.7. The van der Waals surface area contributed by atoms with Gasteiger partial charge in [0.15, 0.2) is 33.3 Å². The molecule has 6 nitrogen and oxygen atoms in total. The predicted octanol–water partition coefficient (Wildman–Crippen LogP) is 8.66. The third kappa shape index (κ3) is 11.1. The number of rotatable bonds is 14. The lowest BCUT2D eigenvalue weighted by Crippen LogP contribution is -2.69. The van der Waals surface area contributed by atoms with Crippen molar-refractivity contribution < 1.29 is 27.5 Å². The van der Waals surface area contributed by atoms with E-state index in [1.807, 2.05) is 0 Å². The molecule has 2 aromatic rings. The fourth-order valence-electron chi connectivity index (χ4n) is 5.42. The highest BCUT2D eigenvalue weighted by molar-refractivity contribution is 7.12. The molecule has 2 heterocycles. The Morgan fingerprint density at radius 1 is 0.773 bits per heavy atom. The van der Waals surface area contributed by atoms with Crippen molar-refractivity contribution in [2.45, 2.75) is 142 Å². The Hall–Kier alpha value is -0.452. The van der Waals surface area contributed by atoms with Crippen LogP contribution in [0.4, 0.5) is 0 Å². The zero-order chi connectivity index (χ0) is 33.3. The van der Waals surface area contributed by atoms with Crippen LogP contribution in [0.15, 0.2) is 30.3 Å². The first kappa shape index (κ1) is 38.0. The van der Waals surface area contributed by atoms with Crippen LogP contribution < -0.4 is 0 Å². The van der Waals surface area contributed by atoms with Crippen molar-refractivity contribution in [2.24, 2.45) is 0 Å². The molecule has 1 aliphatic heterocycles. The van der Waals surface area contributed by atoms with Gasteiger partial charge in [0.05, 0.1) is 11.5 Å². The molecule has 1 aliphatic rings. The molecule has 11 heteroatoms. The van der Waals surface area contributed by atoms with Crippen LogP contribution in [0.2, 0.25) is 78.6 Å². The smallest absolute Gasteiger partial charge is 0.230 e. The molecule has 1 fully saturated rings. The topological polar surface area (TPSA) is 66.4 Å². The molecule has 0 bridgehead atoms. The van der Waals surface area contributed by atoms with Crippen LogP contribution in [0.3, 0.4) is 0 Å². The number of ether oxygens (including phenoxy) is 1. The lowest BCUT2D eigenvalue weighted by Gasteiger charge is -2.54. The van der Waals surface area contributed by atoms with Crippen molar-refractivity contribution in [2.75, 3.05) is 6.61 Å². The molecule has 0 aliphatic carbocycles. The van der Waals surface area contributed by atoms with E-state index in [1.54, 1.807) is 11.3 Å². The predicted molar refractivity (Wildman–Crippen MR) is 195 cm³/mol. The molecule has 1 aromatic carbocycles. The fraction of sp³-hybridized carbons (Fsp3) is 0.697. The Kier molecular flexibility index (Phi) is 12.4. The van der Waals surface area contributed by atoms with Gasteiger partial charge in [-0.2, -0.15) is 0 Å². The van der Waals surface area contributed by atoms with E-state index in [9.17, 15) is 5.11 Å². The second kappa shape index (κ2) is 14.3. The van der Waals surface area contributed by atoms with E-state index in [4.69, 9.17) is 22.4 Å². The molecule has 0 saturated carbocycles. The summed E-state index contributed by atoms with van der Waals surface area (Å²) < 4.78 is 34.1. The minimum Gasteiger partial charge on any atom is -0.415 e. The van der Waals surface area contributed by atoms with Gasteiger partial charge in [-0.25, -0.2) is 0 Å². The molecular formula is C33H60O6SSi4. The van der Waals surface area contributed by atoms with E-state index >= 15 is 0 Å². The average Bonchev–Trinajstić information content (AvgIpc) is 3.21. The lowest BCUT2D eigenvalue weighted by molar-refractivity contribution is -0.347. The Morgan fingerprint density at radius 3 is 1.80 bits per heavy atom. The number of benzene rings is 1. The zero-order valence-electron chi connectivity index (χ0n) is 29.9. The van der Waals surface area contributed by atoms with Crippen molar-refractivity contribution >= 4 is 44.6 Å². The third-order valence-corrected chi connectivity index (χ3v) is 12.4. The van der Waals surface area contributed by atoms with Crippen LogP contribution in [-0.4, -0.2) is 69.4 Å². The molecular weight excluding hydrogens is 637 g/mol. The van der Waals surface area contributed by atoms with Gasteiger partial charge < -0.3 is 27.5 Å². The Labute approximate surface area is 276 Å². The summed E-state index contributed by atoms with van der Waals surface area (Å²) in [7, 11) is -8.27. The maximum Gasteiger partial charge on any atom is 0.230 e. The van der Waals surface area contributed by atoms with Crippen LogP contribution in [0.1, 0.15) is 39.8 Å². The molecule has 44 heavy (non-hydrogen) atoms. The molecule has 0 radical (unpaired) electrons. The van der Waals surface area contributed by atoms with Gasteiger partial charge >= 0.3 is 0 Å². The number of hydrogen-bond donors (Lipinski definition) is 1. The van der Waals surface area contributed by atoms with Crippen LogP contribution in [0.5, 0.6) is 0 Å². The SMILES string of the molecule is CCCc1ccc(Cc2sc(C3(O)O[C@H](CO[Si](C)(C)C)[C@@H](O[Si](C)(C)C)[C@H](O[Si](C)(C)C)[C@H]3O[Si](C)(C)C)cc2C)cc1. The maximum absolute atomic E-state index is 12.9. The number of aryl methyl sites for hydroxylation is 2. The summed E-state index contributed by atoms with van der Waals surface area (Å²) >= 11 is 1.62. The molecule has 3 rings (SSSR count). The summed E-state index contributed by atoms with van der Waals surface area (Å²) in [5, 5.41) is 12.9. The monoisotopic (exact) mass is 696 g/mol. The second-order valence-corrected chi connectivity index (χ2v) is 35.3. The highest BCUT2D eigenvalue weighted by atomic mass is 32.1. The van der Waals surface area contributed by atoms with Crippen molar-refractivity contribution in [3.63, 3.8) is 0 Å². The molecule has 5 atom stereocenters. The van der Waals surface area contributed by atoms with Crippen LogP contribution in [0, 0.1) is 6.92 Å². The minimum absolute atomic E-state index is 0.333. The summed E-state index contributed by atoms with van der Waals surface area (Å²) in [5.74, 6) is -1.71. The van der Waals surface area contributed by atoms with Crippen LogP contribution >= 0.6 is 11.3 Å². The third-order valence-electron chi connectivity index (χ3n) is 7.15. The van der Waals surface area contributed by atoms with Gasteiger partial charge in [-0.15, -0.1) is 11.3 Å². The van der Waals surface area contributed by atoms with Crippen LogP contribution in [-0.2, 0) is 41.1 Å². The van der Waals surface area contributed by atoms with Crippen molar-refractivity contribution in [3.05, 3.63) is 56.8 Å². The molecule has 1 saturated heterocycles. The van der Waals surface area contributed by atoms with Gasteiger partial charge in [0.1, 0.15) is 24.4 Å². The van der Waals surface area contributed by atoms with E-state index in [1.165, 1.54) is 16.0 Å².